The van der Waals surface area contributed by atoms with E-state index in [2.05, 4.69) is 15.2 Å². The Kier molecular flexibility index (Phi) is 4.19. The largest absolute Gasteiger partial charge is 0.476 e. The quantitative estimate of drug-likeness (QED) is 0.841. The number of rotatable bonds is 2. The van der Waals surface area contributed by atoms with E-state index in [-0.39, 0.29) is 23.5 Å². The van der Waals surface area contributed by atoms with Crippen LogP contribution in [0.3, 0.4) is 0 Å². The van der Waals surface area contributed by atoms with Crippen LogP contribution in [0.5, 0.6) is 0 Å². The molecule has 1 aromatic heterocycles. The lowest BCUT2D eigenvalue weighted by atomic mass is 10.2. The molecule has 1 aromatic rings. The van der Waals surface area contributed by atoms with Crippen LogP contribution in [0.25, 0.3) is 0 Å². The lowest BCUT2D eigenvalue weighted by molar-refractivity contribution is 0.0691. The Morgan fingerprint density at radius 2 is 2.20 bits per heavy atom. The summed E-state index contributed by atoms with van der Waals surface area (Å²) in [4.78, 5) is 30.9. The van der Waals surface area contributed by atoms with Crippen molar-refractivity contribution >= 4 is 17.7 Å². The molecule has 0 spiro atoms. The average molecular weight is 278 g/mol. The van der Waals surface area contributed by atoms with Crippen LogP contribution in [0, 0.1) is 0 Å². The first-order valence-corrected chi connectivity index (χ1v) is 6.43. The predicted octanol–water partition coefficient (Wildman–Crippen LogP) is 0.948. The maximum atomic E-state index is 12.2. The molecule has 0 aliphatic carbocycles. The monoisotopic (exact) mass is 278 g/mol. The van der Waals surface area contributed by atoms with Gasteiger partial charge in [0.15, 0.2) is 5.69 Å². The number of anilines is 1. The van der Waals surface area contributed by atoms with E-state index in [0.29, 0.717) is 6.54 Å². The van der Waals surface area contributed by atoms with Crippen molar-refractivity contribution in [1.29, 1.82) is 0 Å². The third kappa shape index (κ3) is 3.05. The second kappa shape index (κ2) is 5.87. The van der Waals surface area contributed by atoms with Crippen LogP contribution >= 0.6 is 0 Å². The van der Waals surface area contributed by atoms with Crippen molar-refractivity contribution in [2.75, 3.05) is 32.0 Å². The molecule has 20 heavy (non-hydrogen) atoms. The number of pyridine rings is 1. The first-order chi connectivity index (χ1) is 9.49. The molecule has 2 rings (SSSR count). The van der Waals surface area contributed by atoms with E-state index in [0.717, 1.165) is 13.1 Å². The highest BCUT2D eigenvalue weighted by atomic mass is 16.4. The van der Waals surface area contributed by atoms with Crippen molar-refractivity contribution in [3.05, 3.63) is 24.0 Å². The Hall–Kier alpha value is -2.15. The van der Waals surface area contributed by atoms with Crippen molar-refractivity contribution in [1.82, 2.24) is 14.8 Å². The summed E-state index contributed by atoms with van der Waals surface area (Å²) in [6, 6.07) is 2.92. The molecule has 0 radical (unpaired) electrons. The Bertz CT molecular complexity index is 520. The van der Waals surface area contributed by atoms with Crippen LogP contribution in [0.4, 0.5) is 10.5 Å². The lowest BCUT2D eigenvalue weighted by Crippen LogP contribution is -2.54. The number of nitrogens with zero attached hydrogens (tertiary/aromatic N) is 3. The van der Waals surface area contributed by atoms with Crippen LogP contribution in [-0.2, 0) is 0 Å². The molecule has 1 unspecified atom stereocenters. The van der Waals surface area contributed by atoms with E-state index < -0.39 is 5.97 Å². The zero-order chi connectivity index (χ0) is 14.7. The summed E-state index contributed by atoms with van der Waals surface area (Å²) in [6.45, 7) is 4.19. The van der Waals surface area contributed by atoms with Gasteiger partial charge in [0.2, 0.25) is 0 Å². The van der Waals surface area contributed by atoms with Gasteiger partial charge in [0.1, 0.15) is 0 Å². The fourth-order valence-electron chi connectivity index (χ4n) is 2.31. The van der Waals surface area contributed by atoms with Gasteiger partial charge in [0, 0.05) is 31.9 Å². The minimum atomic E-state index is -1.16. The highest BCUT2D eigenvalue weighted by Gasteiger charge is 2.26. The summed E-state index contributed by atoms with van der Waals surface area (Å²) in [7, 11) is 2.01. The number of hydrogen-bond acceptors (Lipinski definition) is 4. The Balaban J connectivity index is 2.10. The summed E-state index contributed by atoms with van der Waals surface area (Å²) in [5.41, 5.74) is 0.0683. The number of amides is 2. The number of carbonyl (C=O) groups excluding carboxylic acids is 1. The third-order valence-electron chi connectivity index (χ3n) is 3.34. The van der Waals surface area contributed by atoms with E-state index >= 15 is 0 Å². The second-order valence-corrected chi connectivity index (χ2v) is 4.94. The van der Waals surface area contributed by atoms with Gasteiger partial charge in [-0.25, -0.2) is 14.6 Å². The zero-order valence-corrected chi connectivity index (χ0v) is 11.5. The topological polar surface area (TPSA) is 85.8 Å². The molecule has 1 aliphatic heterocycles. The number of nitrogens with one attached hydrogen (secondary N) is 1. The minimum Gasteiger partial charge on any atom is -0.476 e. The molecule has 1 aliphatic rings. The van der Waals surface area contributed by atoms with E-state index in [4.69, 9.17) is 5.11 Å². The number of carbonyl (C=O) groups is 2. The average Bonchev–Trinajstić information content (AvgIpc) is 2.38. The Labute approximate surface area is 117 Å². The second-order valence-electron chi connectivity index (χ2n) is 4.94. The molecule has 108 valence electrons. The molecular formula is C13H18N4O3. The van der Waals surface area contributed by atoms with Gasteiger partial charge in [0.25, 0.3) is 0 Å². The maximum Gasteiger partial charge on any atom is 0.356 e. The molecular weight excluding hydrogens is 260 g/mol. The van der Waals surface area contributed by atoms with Crippen LogP contribution < -0.4 is 5.32 Å². The van der Waals surface area contributed by atoms with Gasteiger partial charge < -0.3 is 20.2 Å². The molecule has 7 heteroatoms. The molecule has 0 aromatic carbocycles. The smallest absolute Gasteiger partial charge is 0.356 e. The van der Waals surface area contributed by atoms with E-state index in [1.165, 1.54) is 12.3 Å². The fourth-order valence-corrected chi connectivity index (χ4v) is 2.31. The van der Waals surface area contributed by atoms with Crippen LogP contribution in [-0.4, -0.2) is 64.6 Å². The first kappa shape index (κ1) is 14.3. The summed E-state index contributed by atoms with van der Waals surface area (Å²) in [5, 5.41) is 11.7. The molecule has 0 saturated carbocycles. The molecule has 7 nitrogen and oxygen atoms in total. The summed E-state index contributed by atoms with van der Waals surface area (Å²) in [5.74, 6) is -1.16. The Morgan fingerprint density at radius 3 is 2.85 bits per heavy atom. The van der Waals surface area contributed by atoms with Gasteiger partial charge in [0.05, 0.1) is 5.69 Å². The minimum absolute atomic E-state index is 0.0821. The zero-order valence-electron chi connectivity index (χ0n) is 11.5. The molecule has 0 bridgehead atoms. The molecule has 1 atom stereocenters. The number of piperazine rings is 1. The van der Waals surface area contributed by atoms with Gasteiger partial charge in [-0.3, -0.25) is 0 Å². The van der Waals surface area contributed by atoms with Crippen molar-refractivity contribution in [2.24, 2.45) is 0 Å². The third-order valence-corrected chi connectivity index (χ3v) is 3.34. The number of hydrogen-bond donors (Lipinski definition) is 2. The molecule has 2 N–H and O–H groups in total. The molecule has 2 heterocycles. The Morgan fingerprint density at radius 1 is 1.45 bits per heavy atom. The lowest BCUT2D eigenvalue weighted by Gasteiger charge is -2.38. The SMILES string of the molecule is CC1CN(C)CCN1C(=O)Nc1cccnc1C(=O)O. The van der Waals surface area contributed by atoms with E-state index in [9.17, 15) is 9.59 Å². The van der Waals surface area contributed by atoms with Gasteiger partial charge in [-0.1, -0.05) is 0 Å². The van der Waals surface area contributed by atoms with E-state index in [1.54, 1.807) is 11.0 Å². The summed E-state index contributed by atoms with van der Waals surface area (Å²) < 4.78 is 0. The number of carboxylic acid groups (broad SMARTS) is 1. The number of aromatic nitrogens is 1. The van der Waals surface area contributed by atoms with Crippen LogP contribution in [0.1, 0.15) is 17.4 Å². The summed E-state index contributed by atoms with van der Waals surface area (Å²) >= 11 is 0. The fraction of sp³-hybridized carbons (Fsp3) is 0.462. The van der Waals surface area contributed by atoms with Crippen molar-refractivity contribution in [2.45, 2.75) is 13.0 Å². The maximum absolute atomic E-state index is 12.2. The molecule has 1 saturated heterocycles. The highest BCUT2D eigenvalue weighted by Crippen LogP contribution is 2.15. The predicted molar refractivity (Wildman–Crippen MR) is 73.9 cm³/mol. The number of aromatic carboxylic acids is 1. The van der Waals surface area contributed by atoms with Gasteiger partial charge in [-0.05, 0) is 26.1 Å². The van der Waals surface area contributed by atoms with Crippen molar-refractivity contribution in [3.8, 4) is 0 Å². The highest BCUT2D eigenvalue weighted by molar-refractivity contribution is 5.98. The number of urea groups is 1. The van der Waals surface area contributed by atoms with Gasteiger partial charge >= 0.3 is 12.0 Å². The first-order valence-electron chi connectivity index (χ1n) is 6.43. The van der Waals surface area contributed by atoms with Crippen LogP contribution in [0.2, 0.25) is 0 Å². The van der Waals surface area contributed by atoms with Gasteiger partial charge in [-0.15, -0.1) is 0 Å². The molecule has 1 fully saturated rings. The molecule has 2 amide bonds. The normalized spacial score (nSPS) is 19.7. The van der Waals surface area contributed by atoms with Gasteiger partial charge in [-0.2, -0.15) is 0 Å². The van der Waals surface area contributed by atoms with Crippen LogP contribution in [0.15, 0.2) is 18.3 Å². The standard InChI is InChI=1S/C13H18N4O3/c1-9-8-16(2)6-7-17(9)13(20)15-10-4-3-5-14-11(10)12(18)19/h3-5,9H,6-8H2,1-2H3,(H,15,20)(H,18,19). The van der Waals surface area contributed by atoms with Crippen molar-refractivity contribution in [3.63, 3.8) is 0 Å². The van der Waals surface area contributed by atoms with Crippen molar-refractivity contribution < 1.29 is 14.7 Å². The number of carboxylic acids is 1. The number of likely N-dealkylation sites (N-methyl/N-ethyl adjacent to an activating group) is 1. The summed E-state index contributed by atoms with van der Waals surface area (Å²) in [6.07, 6.45) is 1.39. The van der Waals surface area contributed by atoms with E-state index in [1.807, 2.05) is 14.0 Å².